The number of hydrogen-bond acceptors (Lipinski definition) is 7. The summed E-state index contributed by atoms with van der Waals surface area (Å²) in [6.07, 6.45) is 2.84. The maximum atomic E-state index is 11.3. The lowest BCUT2D eigenvalue weighted by atomic mass is 10.1. The van der Waals surface area contributed by atoms with Crippen LogP contribution in [0.1, 0.15) is 33.0 Å². The number of rotatable bonds is 4. The van der Waals surface area contributed by atoms with Gasteiger partial charge in [0.1, 0.15) is 5.82 Å². The summed E-state index contributed by atoms with van der Waals surface area (Å²) in [6.45, 7) is 9.00. The van der Waals surface area contributed by atoms with Crippen molar-refractivity contribution >= 4 is 11.7 Å². The van der Waals surface area contributed by atoms with Gasteiger partial charge in [-0.1, -0.05) is 5.16 Å². The van der Waals surface area contributed by atoms with Crippen LogP contribution in [0.25, 0.3) is 11.5 Å². The lowest BCUT2D eigenvalue weighted by Gasteiger charge is -2.21. The Hall–Kier alpha value is -2.48. The van der Waals surface area contributed by atoms with E-state index in [1.807, 2.05) is 26.0 Å². The van der Waals surface area contributed by atoms with Gasteiger partial charge in [0.05, 0.1) is 5.54 Å². The van der Waals surface area contributed by atoms with Crippen LogP contribution in [0, 0.1) is 0 Å². The zero-order valence-corrected chi connectivity index (χ0v) is 14.9. The van der Waals surface area contributed by atoms with Crippen molar-refractivity contribution in [2.45, 2.75) is 32.7 Å². The third-order valence-corrected chi connectivity index (χ3v) is 4.13. The fourth-order valence-electron chi connectivity index (χ4n) is 2.89. The summed E-state index contributed by atoms with van der Waals surface area (Å²) in [5, 5.41) is 10.2. The van der Waals surface area contributed by atoms with E-state index in [0.717, 1.165) is 44.0 Å². The minimum atomic E-state index is -0.695. The van der Waals surface area contributed by atoms with Crippen LogP contribution in [0.15, 0.2) is 22.9 Å². The Kier molecular flexibility index (Phi) is 4.98. The number of carbonyl (C=O) groups is 1. The van der Waals surface area contributed by atoms with Gasteiger partial charge in [-0.2, -0.15) is 4.98 Å². The van der Waals surface area contributed by atoms with Gasteiger partial charge in [-0.3, -0.25) is 4.79 Å². The van der Waals surface area contributed by atoms with E-state index in [-0.39, 0.29) is 5.91 Å². The van der Waals surface area contributed by atoms with Crippen LogP contribution >= 0.6 is 0 Å². The minimum absolute atomic E-state index is 0.141. The average molecular weight is 344 g/mol. The van der Waals surface area contributed by atoms with E-state index in [1.165, 1.54) is 6.92 Å². The van der Waals surface area contributed by atoms with Crippen molar-refractivity contribution < 1.29 is 9.32 Å². The molecule has 1 saturated heterocycles. The van der Waals surface area contributed by atoms with Crippen LogP contribution in [-0.2, 0) is 10.3 Å². The highest BCUT2D eigenvalue weighted by molar-refractivity contribution is 5.73. The van der Waals surface area contributed by atoms with Crippen LogP contribution in [0.2, 0.25) is 0 Å². The summed E-state index contributed by atoms with van der Waals surface area (Å²) in [5.41, 5.74) is 0.125. The van der Waals surface area contributed by atoms with Crippen molar-refractivity contribution in [3.05, 3.63) is 24.2 Å². The summed E-state index contributed by atoms with van der Waals surface area (Å²) in [4.78, 5) is 22.5. The van der Waals surface area contributed by atoms with Crippen molar-refractivity contribution in [1.82, 2.24) is 25.8 Å². The number of nitrogens with zero attached hydrogens (tertiary/aromatic N) is 4. The predicted molar refractivity (Wildman–Crippen MR) is 94.1 cm³/mol. The fraction of sp³-hybridized carbons (Fsp3) is 0.529. The monoisotopic (exact) mass is 344 g/mol. The molecule has 2 aromatic rings. The highest BCUT2D eigenvalue weighted by Gasteiger charge is 2.28. The summed E-state index contributed by atoms with van der Waals surface area (Å²) >= 11 is 0. The van der Waals surface area contributed by atoms with Crippen LogP contribution in [0.3, 0.4) is 0 Å². The van der Waals surface area contributed by atoms with Crippen molar-refractivity contribution in [1.29, 1.82) is 0 Å². The van der Waals surface area contributed by atoms with Gasteiger partial charge in [0, 0.05) is 38.3 Å². The molecule has 0 bridgehead atoms. The van der Waals surface area contributed by atoms with E-state index in [9.17, 15) is 4.79 Å². The van der Waals surface area contributed by atoms with E-state index in [4.69, 9.17) is 4.52 Å². The van der Waals surface area contributed by atoms with Crippen molar-refractivity contribution in [2.24, 2.45) is 0 Å². The molecule has 0 spiro atoms. The maximum Gasteiger partial charge on any atom is 0.258 e. The van der Waals surface area contributed by atoms with Gasteiger partial charge in [0.15, 0.2) is 5.82 Å². The zero-order valence-electron chi connectivity index (χ0n) is 14.9. The van der Waals surface area contributed by atoms with Crippen molar-refractivity contribution in [3.63, 3.8) is 0 Å². The highest BCUT2D eigenvalue weighted by Crippen LogP contribution is 2.25. The summed E-state index contributed by atoms with van der Waals surface area (Å²) < 4.78 is 5.41. The Morgan fingerprint density at radius 2 is 2.20 bits per heavy atom. The lowest BCUT2D eigenvalue weighted by molar-refractivity contribution is -0.120. The topological polar surface area (TPSA) is 96.2 Å². The Labute approximate surface area is 147 Å². The van der Waals surface area contributed by atoms with E-state index in [1.54, 1.807) is 6.20 Å². The SMILES string of the molecule is CC(=O)NC(C)(C)c1noc(-c2ccnc(N3CCCNCC3)c2)n1. The van der Waals surface area contributed by atoms with Crippen molar-refractivity contribution in [2.75, 3.05) is 31.1 Å². The van der Waals surface area contributed by atoms with Gasteiger partial charge in [-0.15, -0.1) is 0 Å². The molecule has 0 saturated carbocycles. The molecule has 2 aromatic heterocycles. The Balaban J connectivity index is 1.83. The summed E-state index contributed by atoms with van der Waals surface area (Å²) in [6, 6.07) is 3.82. The first-order chi connectivity index (χ1) is 12.0. The number of pyridine rings is 1. The molecule has 1 fully saturated rings. The first kappa shape index (κ1) is 17.3. The standard InChI is InChI=1S/C17H24N6O2/c1-12(24)21-17(2,3)16-20-15(25-22-16)13-5-7-19-14(11-13)23-9-4-6-18-8-10-23/h5,7,11,18H,4,6,8-10H2,1-3H3,(H,21,24). The quantitative estimate of drug-likeness (QED) is 0.863. The number of aromatic nitrogens is 3. The fourth-order valence-corrected chi connectivity index (χ4v) is 2.89. The Morgan fingerprint density at radius 3 is 3.00 bits per heavy atom. The zero-order chi connectivity index (χ0) is 17.9. The van der Waals surface area contributed by atoms with Gasteiger partial charge in [0.25, 0.3) is 5.89 Å². The molecule has 1 aliphatic heterocycles. The molecule has 0 aliphatic carbocycles. The van der Waals surface area contributed by atoms with Gasteiger partial charge in [0.2, 0.25) is 5.91 Å². The lowest BCUT2D eigenvalue weighted by Crippen LogP contribution is -2.40. The van der Waals surface area contributed by atoms with Crippen LogP contribution in [0.5, 0.6) is 0 Å². The number of nitrogens with one attached hydrogen (secondary N) is 2. The second-order valence-electron chi connectivity index (χ2n) is 6.72. The molecule has 8 heteroatoms. The molecular formula is C17H24N6O2. The van der Waals surface area contributed by atoms with Gasteiger partial charge in [-0.05, 0) is 38.9 Å². The second-order valence-corrected chi connectivity index (χ2v) is 6.72. The van der Waals surface area contributed by atoms with E-state index in [2.05, 4.69) is 30.7 Å². The van der Waals surface area contributed by atoms with Gasteiger partial charge in [-0.25, -0.2) is 4.98 Å². The molecule has 25 heavy (non-hydrogen) atoms. The van der Waals surface area contributed by atoms with Crippen LogP contribution in [-0.4, -0.2) is 47.2 Å². The molecule has 3 rings (SSSR count). The summed E-state index contributed by atoms with van der Waals surface area (Å²) in [7, 11) is 0. The van der Waals surface area contributed by atoms with Crippen LogP contribution < -0.4 is 15.5 Å². The molecular weight excluding hydrogens is 320 g/mol. The molecule has 8 nitrogen and oxygen atoms in total. The molecule has 0 atom stereocenters. The third kappa shape index (κ3) is 4.14. The number of carbonyl (C=O) groups excluding carboxylic acids is 1. The average Bonchev–Trinajstić information content (AvgIpc) is 2.91. The van der Waals surface area contributed by atoms with E-state index < -0.39 is 5.54 Å². The maximum absolute atomic E-state index is 11.3. The molecule has 1 aliphatic rings. The molecule has 0 unspecified atom stereocenters. The summed E-state index contributed by atoms with van der Waals surface area (Å²) in [5.74, 6) is 1.62. The molecule has 134 valence electrons. The molecule has 0 aromatic carbocycles. The normalized spacial score (nSPS) is 15.7. The van der Waals surface area contributed by atoms with E-state index in [0.29, 0.717) is 11.7 Å². The predicted octanol–water partition coefficient (Wildman–Crippen LogP) is 1.30. The Bertz CT molecular complexity index is 734. The second kappa shape index (κ2) is 7.18. The molecule has 3 heterocycles. The minimum Gasteiger partial charge on any atom is -0.355 e. The van der Waals surface area contributed by atoms with E-state index >= 15 is 0 Å². The first-order valence-corrected chi connectivity index (χ1v) is 8.51. The highest BCUT2D eigenvalue weighted by atomic mass is 16.5. The number of anilines is 1. The molecule has 2 N–H and O–H groups in total. The molecule has 0 radical (unpaired) electrons. The number of amides is 1. The first-order valence-electron chi connectivity index (χ1n) is 8.51. The molecule has 1 amide bonds. The number of hydrogen-bond donors (Lipinski definition) is 2. The van der Waals surface area contributed by atoms with Gasteiger partial charge >= 0.3 is 0 Å². The van der Waals surface area contributed by atoms with Crippen molar-refractivity contribution in [3.8, 4) is 11.5 Å². The largest absolute Gasteiger partial charge is 0.355 e. The van der Waals surface area contributed by atoms with Gasteiger partial charge < -0.3 is 20.1 Å². The Morgan fingerprint density at radius 1 is 1.36 bits per heavy atom. The third-order valence-electron chi connectivity index (χ3n) is 4.13. The smallest absolute Gasteiger partial charge is 0.258 e. The van der Waals surface area contributed by atoms with Crippen LogP contribution in [0.4, 0.5) is 5.82 Å².